The van der Waals surface area contributed by atoms with Gasteiger partial charge in [0.25, 0.3) is 0 Å². The SMILES string of the molecule is Cc1cc(CC2(CNC(C)(C)C)CCC2)n(C)n1. The van der Waals surface area contributed by atoms with Gasteiger partial charge < -0.3 is 5.32 Å². The highest BCUT2D eigenvalue weighted by atomic mass is 15.3. The Morgan fingerprint density at radius 3 is 2.44 bits per heavy atom. The molecule has 1 aromatic rings. The van der Waals surface area contributed by atoms with Gasteiger partial charge in [0.05, 0.1) is 5.69 Å². The van der Waals surface area contributed by atoms with Crippen molar-refractivity contribution in [2.24, 2.45) is 12.5 Å². The minimum atomic E-state index is 0.213. The van der Waals surface area contributed by atoms with E-state index >= 15 is 0 Å². The standard InChI is InChI=1S/C15H27N3/c1-12-9-13(18(5)17-12)10-15(7-6-8-15)11-16-14(2,3)4/h9,16H,6-8,10-11H2,1-5H3. The van der Waals surface area contributed by atoms with Gasteiger partial charge in [0, 0.05) is 24.8 Å². The fourth-order valence-electron chi connectivity index (χ4n) is 2.76. The Balaban J connectivity index is 2.02. The van der Waals surface area contributed by atoms with Crippen LogP contribution in [0.1, 0.15) is 51.4 Å². The molecule has 1 saturated carbocycles. The zero-order valence-electron chi connectivity index (χ0n) is 12.5. The maximum absolute atomic E-state index is 4.46. The Labute approximate surface area is 111 Å². The van der Waals surface area contributed by atoms with Crippen molar-refractivity contribution in [1.82, 2.24) is 15.1 Å². The van der Waals surface area contributed by atoms with Crippen molar-refractivity contribution in [2.45, 2.75) is 58.9 Å². The van der Waals surface area contributed by atoms with Gasteiger partial charge in [-0.3, -0.25) is 4.68 Å². The van der Waals surface area contributed by atoms with Crippen LogP contribution in [0.25, 0.3) is 0 Å². The lowest BCUT2D eigenvalue weighted by Crippen LogP contribution is -2.48. The van der Waals surface area contributed by atoms with Crippen LogP contribution in [0.3, 0.4) is 0 Å². The molecule has 3 heteroatoms. The summed E-state index contributed by atoms with van der Waals surface area (Å²) in [7, 11) is 2.06. The smallest absolute Gasteiger partial charge is 0.0596 e. The molecule has 1 aliphatic carbocycles. The predicted octanol–water partition coefficient (Wildman–Crippen LogP) is 2.83. The van der Waals surface area contributed by atoms with E-state index < -0.39 is 0 Å². The van der Waals surface area contributed by atoms with E-state index in [1.165, 1.54) is 25.0 Å². The summed E-state index contributed by atoms with van der Waals surface area (Å²) in [5.41, 5.74) is 3.19. The molecule has 0 unspecified atom stereocenters. The molecule has 1 N–H and O–H groups in total. The summed E-state index contributed by atoms with van der Waals surface area (Å²) in [6, 6.07) is 2.23. The highest BCUT2D eigenvalue weighted by molar-refractivity contribution is 5.12. The Morgan fingerprint density at radius 1 is 1.39 bits per heavy atom. The lowest BCUT2D eigenvalue weighted by molar-refractivity contribution is 0.115. The van der Waals surface area contributed by atoms with Crippen LogP contribution in [0.15, 0.2) is 6.07 Å². The summed E-state index contributed by atoms with van der Waals surface area (Å²) >= 11 is 0. The molecule has 102 valence electrons. The lowest BCUT2D eigenvalue weighted by Gasteiger charge is -2.44. The third-order valence-corrected chi connectivity index (χ3v) is 4.06. The molecule has 1 aliphatic rings. The minimum absolute atomic E-state index is 0.213. The highest BCUT2D eigenvalue weighted by Gasteiger charge is 2.38. The molecule has 1 aromatic heterocycles. The maximum atomic E-state index is 4.46. The van der Waals surface area contributed by atoms with Crippen molar-refractivity contribution < 1.29 is 0 Å². The number of hydrogen-bond donors (Lipinski definition) is 1. The predicted molar refractivity (Wildman–Crippen MR) is 75.7 cm³/mol. The molecule has 2 rings (SSSR count). The average Bonchev–Trinajstić information content (AvgIpc) is 2.48. The van der Waals surface area contributed by atoms with Crippen molar-refractivity contribution >= 4 is 0 Å². The Bertz CT molecular complexity index is 408. The van der Waals surface area contributed by atoms with E-state index in [4.69, 9.17) is 0 Å². The second-order valence-corrected chi connectivity index (χ2v) is 7.03. The van der Waals surface area contributed by atoms with Crippen molar-refractivity contribution in [1.29, 1.82) is 0 Å². The van der Waals surface area contributed by atoms with Gasteiger partial charge in [0.2, 0.25) is 0 Å². The van der Waals surface area contributed by atoms with E-state index in [2.05, 4.69) is 51.2 Å². The summed E-state index contributed by atoms with van der Waals surface area (Å²) in [4.78, 5) is 0. The number of aromatic nitrogens is 2. The first-order valence-electron chi connectivity index (χ1n) is 7.04. The van der Waals surface area contributed by atoms with E-state index in [0.29, 0.717) is 5.41 Å². The topological polar surface area (TPSA) is 29.9 Å². The van der Waals surface area contributed by atoms with Gasteiger partial charge in [0.15, 0.2) is 0 Å². The van der Waals surface area contributed by atoms with Crippen LogP contribution in [0.5, 0.6) is 0 Å². The number of hydrogen-bond acceptors (Lipinski definition) is 2. The normalized spacial score (nSPS) is 18.7. The van der Waals surface area contributed by atoms with E-state index in [1.807, 2.05) is 4.68 Å². The average molecular weight is 249 g/mol. The van der Waals surface area contributed by atoms with Gasteiger partial charge in [-0.05, 0) is 58.4 Å². The Kier molecular flexibility index (Phi) is 3.54. The second kappa shape index (κ2) is 4.69. The summed E-state index contributed by atoms with van der Waals surface area (Å²) in [6.07, 6.45) is 5.23. The summed E-state index contributed by atoms with van der Waals surface area (Å²) in [5, 5.41) is 8.14. The lowest BCUT2D eigenvalue weighted by atomic mass is 9.65. The summed E-state index contributed by atoms with van der Waals surface area (Å²) in [6.45, 7) is 9.93. The monoisotopic (exact) mass is 249 g/mol. The third kappa shape index (κ3) is 3.14. The maximum Gasteiger partial charge on any atom is 0.0596 e. The van der Waals surface area contributed by atoms with Gasteiger partial charge >= 0.3 is 0 Å². The summed E-state index contributed by atoms with van der Waals surface area (Å²) < 4.78 is 2.05. The van der Waals surface area contributed by atoms with Crippen LogP contribution < -0.4 is 5.32 Å². The number of rotatable bonds is 4. The van der Waals surface area contributed by atoms with E-state index in [-0.39, 0.29) is 5.54 Å². The van der Waals surface area contributed by atoms with Gasteiger partial charge in [0.1, 0.15) is 0 Å². The van der Waals surface area contributed by atoms with Crippen LogP contribution >= 0.6 is 0 Å². The van der Waals surface area contributed by atoms with Gasteiger partial charge in [-0.1, -0.05) is 6.42 Å². The molecule has 0 amide bonds. The fraction of sp³-hybridized carbons (Fsp3) is 0.800. The first-order chi connectivity index (χ1) is 8.30. The first kappa shape index (κ1) is 13.6. The van der Waals surface area contributed by atoms with Gasteiger partial charge in [-0.25, -0.2) is 0 Å². The molecule has 1 fully saturated rings. The Hall–Kier alpha value is -0.830. The molecular weight excluding hydrogens is 222 g/mol. The molecule has 0 spiro atoms. The fourth-order valence-corrected chi connectivity index (χ4v) is 2.76. The van der Waals surface area contributed by atoms with Crippen LogP contribution in [0.4, 0.5) is 0 Å². The molecule has 0 aliphatic heterocycles. The van der Waals surface area contributed by atoms with Crippen LogP contribution in [-0.4, -0.2) is 21.9 Å². The highest BCUT2D eigenvalue weighted by Crippen LogP contribution is 2.43. The van der Waals surface area contributed by atoms with Crippen molar-refractivity contribution in [2.75, 3.05) is 6.54 Å². The van der Waals surface area contributed by atoms with Gasteiger partial charge in [-0.15, -0.1) is 0 Å². The van der Waals surface area contributed by atoms with Crippen LogP contribution in [0, 0.1) is 12.3 Å². The molecule has 0 radical (unpaired) electrons. The summed E-state index contributed by atoms with van der Waals surface area (Å²) in [5.74, 6) is 0. The zero-order chi connectivity index (χ0) is 13.4. The van der Waals surface area contributed by atoms with Crippen molar-refractivity contribution in [3.8, 4) is 0 Å². The van der Waals surface area contributed by atoms with E-state index in [9.17, 15) is 0 Å². The number of nitrogens with zero attached hydrogens (tertiary/aromatic N) is 2. The molecular formula is C15H27N3. The first-order valence-corrected chi connectivity index (χ1v) is 7.04. The van der Waals surface area contributed by atoms with Gasteiger partial charge in [-0.2, -0.15) is 5.10 Å². The molecule has 0 bridgehead atoms. The van der Waals surface area contributed by atoms with E-state index in [1.54, 1.807) is 0 Å². The van der Waals surface area contributed by atoms with Crippen LogP contribution in [0.2, 0.25) is 0 Å². The van der Waals surface area contributed by atoms with E-state index in [0.717, 1.165) is 18.7 Å². The molecule has 0 atom stereocenters. The third-order valence-electron chi connectivity index (χ3n) is 4.06. The van der Waals surface area contributed by atoms with Crippen molar-refractivity contribution in [3.05, 3.63) is 17.5 Å². The molecule has 3 nitrogen and oxygen atoms in total. The largest absolute Gasteiger partial charge is 0.312 e. The molecule has 1 heterocycles. The molecule has 18 heavy (non-hydrogen) atoms. The number of aryl methyl sites for hydroxylation is 2. The molecule has 0 saturated heterocycles. The minimum Gasteiger partial charge on any atom is -0.312 e. The quantitative estimate of drug-likeness (QED) is 0.889. The van der Waals surface area contributed by atoms with Crippen molar-refractivity contribution in [3.63, 3.8) is 0 Å². The van der Waals surface area contributed by atoms with Crippen LogP contribution in [-0.2, 0) is 13.5 Å². The second-order valence-electron chi connectivity index (χ2n) is 7.03. The zero-order valence-corrected chi connectivity index (χ0v) is 12.5. The molecule has 0 aromatic carbocycles. The number of nitrogens with one attached hydrogen (secondary N) is 1. The Morgan fingerprint density at radius 2 is 2.06 bits per heavy atom.